The van der Waals surface area contributed by atoms with Gasteiger partial charge in [0.25, 0.3) is 0 Å². The summed E-state index contributed by atoms with van der Waals surface area (Å²) in [4.78, 5) is 9.80. The standard InChI is InChI=1S/C21H28FN3O/c22-17-6-8-21-16(13-17)5-7-18(23-21)14-24-10-11-25(19-3-1-2-4-19)20(15-24)9-12-26/h5-8,13,19-20,26H,1-4,9-12,14-15H2. The number of piperazine rings is 1. The lowest BCUT2D eigenvalue weighted by atomic mass is 10.0. The predicted molar refractivity (Wildman–Crippen MR) is 101 cm³/mol. The minimum absolute atomic E-state index is 0.220. The molecule has 1 aliphatic heterocycles. The predicted octanol–water partition coefficient (Wildman–Crippen LogP) is 3.19. The van der Waals surface area contributed by atoms with Gasteiger partial charge in [-0.1, -0.05) is 18.9 Å². The van der Waals surface area contributed by atoms with Gasteiger partial charge in [-0.25, -0.2) is 4.39 Å². The minimum Gasteiger partial charge on any atom is -0.396 e. The van der Waals surface area contributed by atoms with Gasteiger partial charge in [-0.3, -0.25) is 14.8 Å². The Balaban J connectivity index is 1.44. The summed E-state index contributed by atoms with van der Waals surface area (Å²) in [6, 6.07) is 9.86. The second kappa shape index (κ2) is 7.99. The van der Waals surface area contributed by atoms with E-state index in [0.29, 0.717) is 12.1 Å². The fourth-order valence-corrected chi connectivity index (χ4v) is 4.66. The summed E-state index contributed by atoms with van der Waals surface area (Å²) in [5, 5.41) is 10.4. The van der Waals surface area contributed by atoms with E-state index in [4.69, 9.17) is 4.98 Å². The molecule has 2 fully saturated rings. The van der Waals surface area contributed by atoms with Gasteiger partial charge < -0.3 is 5.11 Å². The third kappa shape index (κ3) is 3.90. The number of nitrogens with zero attached hydrogens (tertiary/aromatic N) is 3. The number of aromatic nitrogens is 1. The number of benzene rings is 1. The lowest BCUT2D eigenvalue weighted by Crippen LogP contribution is -2.56. The molecule has 1 aromatic carbocycles. The van der Waals surface area contributed by atoms with Gasteiger partial charge in [0.1, 0.15) is 5.82 Å². The molecule has 1 saturated heterocycles. The van der Waals surface area contributed by atoms with Crippen LogP contribution >= 0.6 is 0 Å². The fraction of sp³-hybridized carbons (Fsp3) is 0.571. The maximum atomic E-state index is 13.3. The van der Waals surface area contributed by atoms with Gasteiger partial charge in [-0.15, -0.1) is 0 Å². The van der Waals surface area contributed by atoms with Gasteiger partial charge in [0.15, 0.2) is 0 Å². The first-order valence-corrected chi connectivity index (χ1v) is 9.87. The van der Waals surface area contributed by atoms with Crippen LogP contribution in [-0.4, -0.2) is 58.2 Å². The van der Waals surface area contributed by atoms with E-state index in [0.717, 1.165) is 49.2 Å². The molecule has 2 aliphatic rings. The van der Waals surface area contributed by atoms with Gasteiger partial charge >= 0.3 is 0 Å². The molecule has 0 bridgehead atoms. The van der Waals surface area contributed by atoms with Crippen molar-refractivity contribution in [3.8, 4) is 0 Å². The van der Waals surface area contributed by atoms with Crippen LogP contribution in [0.2, 0.25) is 0 Å². The summed E-state index contributed by atoms with van der Waals surface area (Å²) < 4.78 is 13.3. The highest BCUT2D eigenvalue weighted by Gasteiger charge is 2.33. The van der Waals surface area contributed by atoms with E-state index < -0.39 is 0 Å². The molecule has 0 spiro atoms. The third-order valence-corrected chi connectivity index (χ3v) is 5.96. The van der Waals surface area contributed by atoms with Crippen LogP contribution in [0.25, 0.3) is 10.9 Å². The second-order valence-electron chi connectivity index (χ2n) is 7.72. The number of aliphatic hydroxyl groups is 1. The lowest BCUT2D eigenvalue weighted by Gasteiger charge is -2.44. The summed E-state index contributed by atoms with van der Waals surface area (Å²) >= 11 is 0. The Morgan fingerprint density at radius 1 is 1.12 bits per heavy atom. The Bertz CT molecular complexity index is 747. The van der Waals surface area contributed by atoms with Gasteiger partial charge in [0.05, 0.1) is 11.2 Å². The Hall–Kier alpha value is -1.56. The molecule has 26 heavy (non-hydrogen) atoms. The maximum Gasteiger partial charge on any atom is 0.123 e. The number of halogens is 1. The van der Waals surface area contributed by atoms with Crippen molar-refractivity contribution in [1.82, 2.24) is 14.8 Å². The Morgan fingerprint density at radius 3 is 2.77 bits per heavy atom. The largest absolute Gasteiger partial charge is 0.396 e. The van der Waals surface area contributed by atoms with Crippen LogP contribution in [0, 0.1) is 5.82 Å². The smallest absolute Gasteiger partial charge is 0.123 e. The third-order valence-electron chi connectivity index (χ3n) is 5.96. The van der Waals surface area contributed by atoms with E-state index in [1.807, 2.05) is 12.1 Å². The maximum absolute atomic E-state index is 13.3. The van der Waals surface area contributed by atoms with Crippen LogP contribution < -0.4 is 0 Å². The molecular formula is C21H28FN3O. The number of fused-ring (bicyclic) bond motifs is 1. The Kier molecular flexibility index (Phi) is 5.48. The highest BCUT2D eigenvalue weighted by atomic mass is 19.1. The van der Waals surface area contributed by atoms with Gasteiger partial charge in [0.2, 0.25) is 0 Å². The van der Waals surface area contributed by atoms with E-state index in [1.54, 1.807) is 6.07 Å². The zero-order valence-electron chi connectivity index (χ0n) is 15.3. The molecule has 140 valence electrons. The molecule has 2 aromatic rings. The topological polar surface area (TPSA) is 39.6 Å². The van der Waals surface area contributed by atoms with Crippen molar-refractivity contribution in [3.05, 3.63) is 41.8 Å². The van der Waals surface area contributed by atoms with Crippen LogP contribution in [0.3, 0.4) is 0 Å². The monoisotopic (exact) mass is 357 g/mol. The number of rotatable bonds is 5. The number of aliphatic hydroxyl groups excluding tert-OH is 1. The molecule has 0 radical (unpaired) electrons. The summed E-state index contributed by atoms with van der Waals surface area (Å²) in [7, 11) is 0. The molecular weight excluding hydrogens is 329 g/mol. The van der Waals surface area contributed by atoms with Gasteiger partial charge in [0, 0.05) is 50.3 Å². The van der Waals surface area contributed by atoms with Crippen molar-refractivity contribution in [2.24, 2.45) is 0 Å². The summed E-state index contributed by atoms with van der Waals surface area (Å²) in [5.41, 5.74) is 1.88. The van der Waals surface area contributed by atoms with Crippen molar-refractivity contribution in [3.63, 3.8) is 0 Å². The van der Waals surface area contributed by atoms with E-state index in [1.165, 1.54) is 37.8 Å². The molecule has 4 rings (SSSR count). The molecule has 5 heteroatoms. The van der Waals surface area contributed by atoms with E-state index >= 15 is 0 Å². The van der Waals surface area contributed by atoms with Crippen molar-refractivity contribution in [1.29, 1.82) is 0 Å². The molecule has 1 aromatic heterocycles. The van der Waals surface area contributed by atoms with Crippen LogP contribution in [-0.2, 0) is 6.54 Å². The SMILES string of the molecule is OCCC1CN(Cc2ccc3cc(F)ccc3n2)CCN1C1CCCC1. The summed E-state index contributed by atoms with van der Waals surface area (Å²) in [5.74, 6) is -0.220. The number of hydrogen-bond donors (Lipinski definition) is 1. The molecule has 4 nitrogen and oxygen atoms in total. The van der Waals surface area contributed by atoms with Crippen molar-refractivity contribution < 1.29 is 9.50 Å². The number of pyridine rings is 1. The number of hydrogen-bond acceptors (Lipinski definition) is 4. The van der Waals surface area contributed by atoms with E-state index in [9.17, 15) is 9.50 Å². The van der Waals surface area contributed by atoms with Gasteiger partial charge in [-0.2, -0.15) is 0 Å². The van der Waals surface area contributed by atoms with Crippen LogP contribution in [0.1, 0.15) is 37.8 Å². The zero-order chi connectivity index (χ0) is 17.9. The van der Waals surface area contributed by atoms with Crippen molar-refractivity contribution >= 4 is 10.9 Å². The average Bonchev–Trinajstić information content (AvgIpc) is 3.17. The second-order valence-corrected chi connectivity index (χ2v) is 7.72. The Morgan fingerprint density at radius 2 is 1.96 bits per heavy atom. The van der Waals surface area contributed by atoms with E-state index in [-0.39, 0.29) is 12.4 Å². The van der Waals surface area contributed by atoms with Crippen molar-refractivity contribution in [2.45, 2.75) is 50.7 Å². The van der Waals surface area contributed by atoms with Gasteiger partial charge in [-0.05, 0) is 43.5 Å². The molecule has 1 N–H and O–H groups in total. The first-order valence-electron chi connectivity index (χ1n) is 9.87. The molecule has 1 aliphatic carbocycles. The van der Waals surface area contributed by atoms with Crippen LogP contribution in [0.4, 0.5) is 4.39 Å². The van der Waals surface area contributed by atoms with Crippen LogP contribution in [0.5, 0.6) is 0 Å². The summed E-state index contributed by atoms with van der Waals surface area (Å²) in [6.45, 7) is 4.17. The quantitative estimate of drug-likeness (QED) is 0.892. The minimum atomic E-state index is -0.220. The molecule has 1 saturated carbocycles. The average molecular weight is 357 g/mol. The lowest BCUT2D eigenvalue weighted by molar-refractivity contribution is 0.0263. The molecule has 2 heterocycles. The first kappa shape index (κ1) is 17.8. The molecule has 1 unspecified atom stereocenters. The zero-order valence-corrected chi connectivity index (χ0v) is 15.3. The fourth-order valence-electron chi connectivity index (χ4n) is 4.66. The first-order chi connectivity index (χ1) is 12.7. The van der Waals surface area contributed by atoms with Crippen molar-refractivity contribution in [2.75, 3.05) is 26.2 Å². The molecule has 1 atom stereocenters. The normalized spacial score (nSPS) is 23.1. The highest BCUT2D eigenvalue weighted by Crippen LogP contribution is 2.28. The van der Waals surface area contributed by atoms with E-state index in [2.05, 4.69) is 9.80 Å². The summed E-state index contributed by atoms with van der Waals surface area (Å²) in [6.07, 6.45) is 6.16. The van der Waals surface area contributed by atoms with Crippen LogP contribution in [0.15, 0.2) is 30.3 Å². The molecule has 0 amide bonds. The highest BCUT2D eigenvalue weighted by molar-refractivity contribution is 5.78. The Labute approximate surface area is 154 Å².